The van der Waals surface area contributed by atoms with Gasteiger partial charge in [-0.25, -0.2) is 0 Å². The number of rotatable bonds is 2. The fraction of sp³-hybridized carbons (Fsp3) is 0.636. The average Bonchev–Trinajstić information content (AvgIpc) is 2.70. The Labute approximate surface area is 106 Å². The molecule has 0 spiro atoms. The van der Waals surface area contributed by atoms with Crippen LogP contribution in [0.1, 0.15) is 20.3 Å². The van der Waals surface area contributed by atoms with Gasteiger partial charge in [0, 0.05) is 19.2 Å². The van der Waals surface area contributed by atoms with E-state index in [1.54, 1.807) is 6.07 Å². The van der Waals surface area contributed by atoms with Gasteiger partial charge in [0.25, 0.3) is 0 Å². The summed E-state index contributed by atoms with van der Waals surface area (Å²) in [6, 6.07) is 1.79. The van der Waals surface area contributed by atoms with Crippen LogP contribution in [0.2, 0.25) is 10.3 Å². The fourth-order valence-electron chi connectivity index (χ4n) is 2.12. The summed E-state index contributed by atoms with van der Waals surface area (Å²) in [5.41, 5.74) is 0.907. The van der Waals surface area contributed by atoms with Crippen LogP contribution in [0.4, 0.5) is 5.69 Å². The van der Waals surface area contributed by atoms with Gasteiger partial charge in [-0.05, 0) is 18.3 Å². The third-order valence-electron chi connectivity index (χ3n) is 3.21. The molecule has 0 saturated carbocycles. The van der Waals surface area contributed by atoms with Gasteiger partial charge in [-0.1, -0.05) is 37.0 Å². The Balaban J connectivity index is 2.17. The van der Waals surface area contributed by atoms with Crippen molar-refractivity contribution in [3.05, 3.63) is 16.4 Å². The summed E-state index contributed by atoms with van der Waals surface area (Å²) in [7, 11) is 0. The zero-order chi connectivity index (χ0) is 11.7. The van der Waals surface area contributed by atoms with E-state index in [-0.39, 0.29) is 0 Å². The molecule has 1 aromatic heterocycles. The Morgan fingerprint density at radius 3 is 2.75 bits per heavy atom. The number of anilines is 1. The molecule has 1 atom stereocenters. The lowest BCUT2D eigenvalue weighted by Gasteiger charge is -2.20. The highest BCUT2D eigenvalue weighted by Crippen LogP contribution is 2.32. The summed E-state index contributed by atoms with van der Waals surface area (Å²) >= 11 is 11.9. The van der Waals surface area contributed by atoms with Crippen molar-refractivity contribution in [2.75, 3.05) is 18.0 Å². The van der Waals surface area contributed by atoms with Crippen molar-refractivity contribution in [3.8, 4) is 0 Å². The molecule has 1 aliphatic rings. The molecule has 3 nitrogen and oxygen atoms in total. The van der Waals surface area contributed by atoms with Gasteiger partial charge >= 0.3 is 0 Å². The first-order chi connectivity index (χ1) is 7.58. The van der Waals surface area contributed by atoms with E-state index in [0.29, 0.717) is 16.2 Å². The molecule has 0 bridgehead atoms. The van der Waals surface area contributed by atoms with Crippen LogP contribution >= 0.6 is 23.2 Å². The Bertz CT molecular complexity index is 381. The minimum atomic E-state index is 0.396. The molecule has 1 unspecified atom stereocenters. The maximum Gasteiger partial charge on any atom is 0.175 e. The normalized spacial score (nSPS) is 20.8. The first kappa shape index (κ1) is 11.9. The van der Waals surface area contributed by atoms with Gasteiger partial charge in [0.15, 0.2) is 10.3 Å². The molecule has 1 aliphatic heterocycles. The molecule has 0 radical (unpaired) electrons. The van der Waals surface area contributed by atoms with Crippen molar-refractivity contribution in [3.63, 3.8) is 0 Å². The van der Waals surface area contributed by atoms with Gasteiger partial charge in [0.2, 0.25) is 0 Å². The third kappa shape index (κ3) is 2.41. The highest BCUT2D eigenvalue weighted by molar-refractivity contribution is 6.33. The highest BCUT2D eigenvalue weighted by atomic mass is 35.5. The van der Waals surface area contributed by atoms with Gasteiger partial charge in [0.1, 0.15) is 0 Å². The van der Waals surface area contributed by atoms with Crippen LogP contribution in [0.3, 0.4) is 0 Å². The summed E-state index contributed by atoms with van der Waals surface area (Å²) < 4.78 is 0. The number of hydrogen-bond donors (Lipinski definition) is 0. The van der Waals surface area contributed by atoms with Crippen molar-refractivity contribution >= 4 is 28.9 Å². The number of hydrogen-bond acceptors (Lipinski definition) is 3. The maximum atomic E-state index is 6.03. The highest BCUT2D eigenvalue weighted by Gasteiger charge is 2.26. The molecule has 16 heavy (non-hydrogen) atoms. The summed E-state index contributed by atoms with van der Waals surface area (Å²) in [6.07, 6.45) is 1.20. The second kappa shape index (κ2) is 4.76. The molecule has 0 aromatic carbocycles. The van der Waals surface area contributed by atoms with Crippen LogP contribution in [0.5, 0.6) is 0 Å². The van der Waals surface area contributed by atoms with Gasteiger partial charge < -0.3 is 4.90 Å². The second-order valence-electron chi connectivity index (χ2n) is 4.58. The van der Waals surface area contributed by atoms with Gasteiger partial charge in [-0.2, -0.15) is 0 Å². The summed E-state index contributed by atoms with van der Waals surface area (Å²) in [6.45, 7) is 6.56. The van der Waals surface area contributed by atoms with Crippen molar-refractivity contribution < 1.29 is 0 Å². The lowest BCUT2D eigenvalue weighted by molar-refractivity contribution is 0.423. The Kier molecular flexibility index (Phi) is 3.55. The van der Waals surface area contributed by atoms with Crippen molar-refractivity contribution in [2.45, 2.75) is 20.3 Å². The molecule has 1 fully saturated rings. The zero-order valence-corrected chi connectivity index (χ0v) is 11.0. The minimum Gasteiger partial charge on any atom is -0.369 e. The van der Waals surface area contributed by atoms with Crippen molar-refractivity contribution in [2.24, 2.45) is 11.8 Å². The third-order valence-corrected chi connectivity index (χ3v) is 3.66. The lowest BCUT2D eigenvalue weighted by atomic mass is 9.95. The van der Waals surface area contributed by atoms with Crippen molar-refractivity contribution in [1.82, 2.24) is 10.2 Å². The molecule has 2 heterocycles. The maximum absolute atomic E-state index is 6.03. The summed E-state index contributed by atoms with van der Waals surface area (Å²) in [4.78, 5) is 2.24. The van der Waals surface area contributed by atoms with Crippen molar-refractivity contribution in [1.29, 1.82) is 0 Å². The number of aromatic nitrogens is 2. The topological polar surface area (TPSA) is 29.0 Å². The molecule has 2 rings (SSSR count). The summed E-state index contributed by atoms with van der Waals surface area (Å²) in [5.74, 6) is 1.43. The quantitative estimate of drug-likeness (QED) is 0.817. The standard InChI is InChI=1S/C11H15Cl2N3/c1-7(2)8-3-4-16(6-8)9-5-10(12)14-15-11(9)13/h5,7-8H,3-4,6H2,1-2H3. The Hall–Kier alpha value is -0.540. The molecule has 1 saturated heterocycles. The van der Waals surface area contributed by atoms with Crippen LogP contribution in [-0.2, 0) is 0 Å². The van der Waals surface area contributed by atoms with E-state index in [0.717, 1.165) is 24.7 Å². The lowest BCUT2D eigenvalue weighted by Crippen LogP contribution is -2.21. The first-order valence-electron chi connectivity index (χ1n) is 5.51. The Morgan fingerprint density at radius 2 is 2.12 bits per heavy atom. The second-order valence-corrected chi connectivity index (χ2v) is 5.33. The van der Waals surface area contributed by atoms with E-state index < -0.39 is 0 Å². The number of nitrogens with zero attached hydrogens (tertiary/aromatic N) is 3. The SMILES string of the molecule is CC(C)C1CCN(c2cc(Cl)nnc2Cl)C1. The number of halogens is 2. The molecule has 0 N–H and O–H groups in total. The summed E-state index contributed by atoms with van der Waals surface area (Å²) in [5, 5.41) is 8.39. The van der Waals surface area contributed by atoms with E-state index in [9.17, 15) is 0 Å². The van der Waals surface area contributed by atoms with E-state index in [1.807, 2.05) is 0 Å². The van der Waals surface area contributed by atoms with Gasteiger partial charge in [-0.3, -0.25) is 0 Å². The Morgan fingerprint density at radius 1 is 1.38 bits per heavy atom. The molecular weight excluding hydrogens is 245 g/mol. The molecular formula is C11H15Cl2N3. The molecule has 0 aliphatic carbocycles. The van der Waals surface area contributed by atoms with Gasteiger partial charge in [0.05, 0.1) is 5.69 Å². The fourth-order valence-corrected chi connectivity index (χ4v) is 2.47. The van der Waals surface area contributed by atoms with E-state index in [2.05, 4.69) is 28.9 Å². The van der Waals surface area contributed by atoms with Gasteiger partial charge in [-0.15, -0.1) is 10.2 Å². The smallest absolute Gasteiger partial charge is 0.175 e. The molecule has 1 aromatic rings. The van der Waals surface area contributed by atoms with Crippen LogP contribution in [-0.4, -0.2) is 23.3 Å². The van der Waals surface area contributed by atoms with Crippen LogP contribution in [0, 0.1) is 11.8 Å². The zero-order valence-electron chi connectivity index (χ0n) is 9.45. The predicted molar refractivity (Wildman–Crippen MR) is 67.2 cm³/mol. The first-order valence-corrected chi connectivity index (χ1v) is 6.27. The van der Waals surface area contributed by atoms with E-state index in [1.165, 1.54) is 6.42 Å². The van der Waals surface area contributed by atoms with E-state index >= 15 is 0 Å². The average molecular weight is 260 g/mol. The van der Waals surface area contributed by atoms with E-state index in [4.69, 9.17) is 23.2 Å². The van der Waals surface area contributed by atoms with Crippen LogP contribution in [0.15, 0.2) is 6.07 Å². The minimum absolute atomic E-state index is 0.396. The molecule has 0 amide bonds. The molecule has 5 heteroatoms. The largest absolute Gasteiger partial charge is 0.369 e. The molecule has 88 valence electrons. The monoisotopic (exact) mass is 259 g/mol. The van der Waals surface area contributed by atoms with Crippen LogP contribution in [0.25, 0.3) is 0 Å². The predicted octanol–water partition coefficient (Wildman–Crippen LogP) is 3.27. The van der Waals surface area contributed by atoms with Crippen LogP contribution < -0.4 is 4.90 Å².